The van der Waals surface area contributed by atoms with Gasteiger partial charge < -0.3 is 15.0 Å². The lowest BCUT2D eigenvalue weighted by molar-refractivity contribution is 0.102. The van der Waals surface area contributed by atoms with Gasteiger partial charge in [-0.3, -0.25) is 4.79 Å². The van der Waals surface area contributed by atoms with E-state index in [4.69, 9.17) is 4.74 Å². The average molecular weight is 388 g/mol. The van der Waals surface area contributed by atoms with Crippen LogP contribution < -0.4 is 14.8 Å². The number of hydrogen-bond acceptors (Lipinski definition) is 5. The first kappa shape index (κ1) is 18.9. The summed E-state index contributed by atoms with van der Waals surface area (Å²) in [6.07, 6.45) is 0. The van der Waals surface area contributed by atoms with Crippen LogP contribution in [0.2, 0.25) is 0 Å². The lowest BCUT2D eigenvalue weighted by Crippen LogP contribution is -2.30. The molecule has 1 aromatic heterocycles. The van der Waals surface area contributed by atoms with Crippen LogP contribution >= 0.6 is 0 Å². The molecule has 0 spiro atoms. The highest BCUT2D eigenvalue weighted by molar-refractivity contribution is 7.89. The Morgan fingerprint density at radius 2 is 1.96 bits per heavy atom. The molecule has 0 bridgehead atoms. The van der Waals surface area contributed by atoms with Gasteiger partial charge >= 0.3 is 0 Å². The molecule has 1 amide bonds. The van der Waals surface area contributed by atoms with Gasteiger partial charge in [0.05, 0.1) is 23.0 Å². The fraction of sp³-hybridized carbons (Fsp3) is 0.222. The number of hydrogen-bond donors (Lipinski definition) is 3. The van der Waals surface area contributed by atoms with Gasteiger partial charge in [0.2, 0.25) is 10.0 Å². The Morgan fingerprint density at radius 1 is 1.19 bits per heavy atom. The zero-order valence-electron chi connectivity index (χ0n) is 15.1. The number of rotatable bonds is 6. The Hall–Kier alpha value is -2.91. The molecule has 0 fully saturated rings. The number of amides is 1. The number of ether oxygens (including phenoxy) is 1. The Balaban J connectivity index is 1.83. The number of anilines is 1. The van der Waals surface area contributed by atoms with Gasteiger partial charge in [-0.05, 0) is 50.2 Å². The van der Waals surface area contributed by atoms with Crippen molar-refractivity contribution in [3.05, 3.63) is 48.0 Å². The third-order valence-electron chi connectivity index (χ3n) is 3.71. The second kappa shape index (κ2) is 7.37. The van der Waals surface area contributed by atoms with Crippen molar-refractivity contribution in [3.63, 3.8) is 0 Å². The van der Waals surface area contributed by atoms with E-state index in [0.717, 1.165) is 0 Å². The second-order valence-corrected chi connectivity index (χ2v) is 7.95. The zero-order chi connectivity index (χ0) is 19.6. The number of nitrogens with one attached hydrogen (secondary N) is 3. The van der Waals surface area contributed by atoms with Crippen molar-refractivity contribution in [3.8, 4) is 6.01 Å². The SMILES string of the molecule is COc1nc2ccc(NC(=O)c3cccc(S(=O)(=O)NC(C)C)c3)cc2[nH]1. The van der Waals surface area contributed by atoms with E-state index < -0.39 is 15.9 Å². The lowest BCUT2D eigenvalue weighted by Gasteiger charge is -2.11. The first-order valence-electron chi connectivity index (χ1n) is 8.26. The number of aromatic nitrogens is 2. The highest BCUT2D eigenvalue weighted by Gasteiger charge is 2.17. The first-order valence-corrected chi connectivity index (χ1v) is 9.74. The molecule has 0 atom stereocenters. The molecular formula is C18H20N4O4S. The number of nitrogens with zero attached hydrogens (tertiary/aromatic N) is 1. The minimum absolute atomic E-state index is 0.0395. The molecule has 0 aliphatic rings. The summed E-state index contributed by atoms with van der Waals surface area (Å²) in [6, 6.07) is 11.2. The molecule has 8 nitrogen and oxygen atoms in total. The second-order valence-electron chi connectivity index (χ2n) is 6.24. The van der Waals surface area contributed by atoms with Crippen LogP contribution in [-0.4, -0.2) is 37.4 Å². The number of methoxy groups -OCH3 is 1. The average Bonchev–Trinajstić information content (AvgIpc) is 3.03. The highest BCUT2D eigenvalue weighted by atomic mass is 32.2. The number of imidazole rings is 1. The topological polar surface area (TPSA) is 113 Å². The van der Waals surface area contributed by atoms with Gasteiger partial charge in [-0.1, -0.05) is 6.07 Å². The number of benzene rings is 2. The maximum Gasteiger partial charge on any atom is 0.294 e. The van der Waals surface area contributed by atoms with Crippen LogP contribution in [0.3, 0.4) is 0 Å². The highest BCUT2D eigenvalue weighted by Crippen LogP contribution is 2.21. The van der Waals surface area contributed by atoms with E-state index in [1.807, 2.05) is 0 Å². The fourth-order valence-corrected chi connectivity index (χ4v) is 3.84. The molecule has 0 aliphatic carbocycles. The third-order valence-corrected chi connectivity index (χ3v) is 5.36. The van der Waals surface area contributed by atoms with Crippen molar-refractivity contribution in [1.82, 2.24) is 14.7 Å². The van der Waals surface area contributed by atoms with E-state index >= 15 is 0 Å². The molecule has 27 heavy (non-hydrogen) atoms. The molecule has 2 aromatic carbocycles. The van der Waals surface area contributed by atoms with Gasteiger partial charge in [0.15, 0.2) is 0 Å². The number of aromatic amines is 1. The van der Waals surface area contributed by atoms with Crippen LogP contribution in [0.1, 0.15) is 24.2 Å². The van der Waals surface area contributed by atoms with Crippen LogP contribution in [0.5, 0.6) is 6.01 Å². The number of fused-ring (bicyclic) bond motifs is 1. The Labute approximate surface area is 157 Å². The van der Waals surface area contributed by atoms with Gasteiger partial charge in [0, 0.05) is 17.3 Å². The number of carbonyl (C=O) groups is 1. The lowest BCUT2D eigenvalue weighted by atomic mass is 10.2. The molecule has 3 aromatic rings. The van der Waals surface area contributed by atoms with Crippen LogP contribution in [0.25, 0.3) is 11.0 Å². The molecule has 0 radical (unpaired) electrons. The monoisotopic (exact) mass is 388 g/mol. The normalized spacial score (nSPS) is 11.7. The van der Waals surface area contributed by atoms with Crippen molar-refractivity contribution >= 4 is 32.7 Å². The molecule has 1 heterocycles. The predicted octanol–water partition coefficient (Wildman–Crippen LogP) is 2.51. The molecular weight excluding hydrogens is 368 g/mol. The van der Waals surface area contributed by atoms with Gasteiger partial charge in [-0.2, -0.15) is 4.98 Å². The maximum atomic E-state index is 12.5. The predicted molar refractivity (Wildman–Crippen MR) is 102 cm³/mol. The van der Waals surface area contributed by atoms with Crippen LogP contribution in [0, 0.1) is 0 Å². The fourth-order valence-electron chi connectivity index (χ4n) is 2.55. The maximum absolute atomic E-state index is 12.5. The van der Waals surface area contributed by atoms with E-state index in [-0.39, 0.29) is 16.5 Å². The summed E-state index contributed by atoms with van der Waals surface area (Å²) in [5.41, 5.74) is 2.20. The molecule has 0 saturated heterocycles. The summed E-state index contributed by atoms with van der Waals surface area (Å²) in [6.45, 7) is 3.46. The summed E-state index contributed by atoms with van der Waals surface area (Å²) in [5.74, 6) is -0.414. The summed E-state index contributed by atoms with van der Waals surface area (Å²) in [5, 5.41) is 2.75. The van der Waals surface area contributed by atoms with Gasteiger partial charge in [-0.15, -0.1) is 0 Å². The van der Waals surface area contributed by atoms with Crippen LogP contribution in [0.15, 0.2) is 47.4 Å². The minimum atomic E-state index is -3.67. The Bertz CT molecular complexity index is 1090. The smallest absolute Gasteiger partial charge is 0.294 e. The zero-order valence-corrected chi connectivity index (χ0v) is 15.9. The number of sulfonamides is 1. The van der Waals surface area contributed by atoms with Crippen molar-refractivity contribution in [2.24, 2.45) is 0 Å². The standard InChI is InChI=1S/C18H20N4O4S/c1-11(2)22-27(24,25)14-6-4-5-12(9-14)17(23)19-13-7-8-15-16(10-13)21-18(20-15)26-3/h4-11,22H,1-3H3,(H,19,23)(H,20,21). The van der Waals surface area contributed by atoms with E-state index in [1.54, 1.807) is 38.1 Å². The Kier molecular flexibility index (Phi) is 5.15. The van der Waals surface area contributed by atoms with E-state index in [2.05, 4.69) is 20.0 Å². The Morgan fingerprint density at radius 3 is 2.67 bits per heavy atom. The van der Waals surface area contributed by atoms with Gasteiger partial charge in [-0.25, -0.2) is 13.1 Å². The van der Waals surface area contributed by atoms with Crippen LogP contribution in [-0.2, 0) is 10.0 Å². The quantitative estimate of drug-likeness (QED) is 0.600. The van der Waals surface area contributed by atoms with Crippen molar-refractivity contribution in [2.45, 2.75) is 24.8 Å². The molecule has 0 saturated carbocycles. The summed E-state index contributed by atoms with van der Waals surface area (Å²) < 4.78 is 32.1. The molecule has 3 rings (SSSR count). The van der Waals surface area contributed by atoms with E-state index in [1.165, 1.54) is 25.3 Å². The van der Waals surface area contributed by atoms with E-state index in [9.17, 15) is 13.2 Å². The van der Waals surface area contributed by atoms with Gasteiger partial charge in [0.1, 0.15) is 0 Å². The van der Waals surface area contributed by atoms with Crippen LogP contribution in [0.4, 0.5) is 5.69 Å². The van der Waals surface area contributed by atoms with Gasteiger partial charge in [0.25, 0.3) is 11.9 Å². The summed E-state index contributed by atoms with van der Waals surface area (Å²) >= 11 is 0. The van der Waals surface area contributed by atoms with Crippen molar-refractivity contribution in [2.75, 3.05) is 12.4 Å². The molecule has 3 N–H and O–H groups in total. The first-order chi connectivity index (χ1) is 12.8. The van der Waals surface area contributed by atoms with Crippen molar-refractivity contribution in [1.29, 1.82) is 0 Å². The largest absolute Gasteiger partial charge is 0.468 e. The molecule has 0 aliphatic heterocycles. The van der Waals surface area contributed by atoms with E-state index in [0.29, 0.717) is 22.7 Å². The third kappa shape index (κ3) is 4.26. The number of carbonyl (C=O) groups excluding carboxylic acids is 1. The molecule has 9 heteroatoms. The molecule has 142 valence electrons. The number of H-pyrrole nitrogens is 1. The summed E-state index contributed by atoms with van der Waals surface area (Å²) in [4.78, 5) is 19.8. The summed E-state index contributed by atoms with van der Waals surface area (Å²) in [7, 11) is -2.17. The molecule has 0 unspecified atom stereocenters. The minimum Gasteiger partial charge on any atom is -0.468 e. The van der Waals surface area contributed by atoms with Crippen molar-refractivity contribution < 1.29 is 17.9 Å².